The third kappa shape index (κ3) is 3.85. The molecule has 3 nitrogen and oxygen atoms in total. The molecule has 1 aliphatic heterocycles. The van der Waals surface area contributed by atoms with E-state index in [0.717, 1.165) is 32.5 Å². The molecule has 2 unspecified atom stereocenters. The number of nitrogens with zero attached hydrogens (tertiary/aromatic N) is 1. The van der Waals surface area contributed by atoms with Crippen molar-refractivity contribution in [3.63, 3.8) is 0 Å². The molecule has 1 saturated carbocycles. The number of amides is 1. The maximum atomic E-state index is 12.8. The van der Waals surface area contributed by atoms with Gasteiger partial charge in [0, 0.05) is 37.6 Å². The van der Waals surface area contributed by atoms with E-state index in [1.165, 1.54) is 19.3 Å². The lowest BCUT2D eigenvalue weighted by molar-refractivity contribution is -0.144. The number of alkyl halides is 1. The lowest BCUT2D eigenvalue weighted by Crippen LogP contribution is -2.48. The van der Waals surface area contributed by atoms with Crippen LogP contribution in [0.15, 0.2) is 0 Å². The van der Waals surface area contributed by atoms with Crippen LogP contribution in [0.3, 0.4) is 0 Å². The van der Waals surface area contributed by atoms with Crippen LogP contribution in [-0.2, 0) is 9.53 Å². The Balaban J connectivity index is 2.01. The van der Waals surface area contributed by atoms with Gasteiger partial charge in [-0.1, -0.05) is 26.2 Å². The van der Waals surface area contributed by atoms with Gasteiger partial charge in [0.2, 0.25) is 5.91 Å². The van der Waals surface area contributed by atoms with E-state index in [9.17, 15) is 4.79 Å². The minimum atomic E-state index is 0.138. The van der Waals surface area contributed by atoms with E-state index in [0.29, 0.717) is 30.3 Å². The first-order valence-corrected chi connectivity index (χ1v) is 8.21. The van der Waals surface area contributed by atoms with Crippen LogP contribution in [0.25, 0.3) is 0 Å². The zero-order valence-electron chi connectivity index (χ0n) is 11.9. The molecule has 2 atom stereocenters. The zero-order chi connectivity index (χ0) is 13.7. The van der Waals surface area contributed by atoms with Crippen LogP contribution in [0.5, 0.6) is 0 Å². The fourth-order valence-corrected chi connectivity index (χ4v) is 3.60. The summed E-state index contributed by atoms with van der Waals surface area (Å²) < 4.78 is 5.45. The number of halogens is 1. The van der Waals surface area contributed by atoms with E-state index in [4.69, 9.17) is 16.3 Å². The molecule has 4 heteroatoms. The Morgan fingerprint density at radius 1 is 1.26 bits per heavy atom. The molecule has 2 rings (SSSR count). The van der Waals surface area contributed by atoms with E-state index in [2.05, 4.69) is 11.8 Å². The van der Waals surface area contributed by atoms with Crippen molar-refractivity contribution in [2.45, 2.75) is 51.5 Å². The predicted molar refractivity (Wildman–Crippen MR) is 77.4 cm³/mol. The summed E-state index contributed by atoms with van der Waals surface area (Å²) in [5.74, 6) is 1.34. The van der Waals surface area contributed by atoms with Crippen LogP contribution in [-0.4, -0.2) is 42.5 Å². The van der Waals surface area contributed by atoms with Gasteiger partial charge < -0.3 is 9.64 Å². The average Bonchev–Trinajstić information content (AvgIpc) is 2.45. The Kier molecular flexibility index (Phi) is 5.96. The van der Waals surface area contributed by atoms with Crippen molar-refractivity contribution in [1.29, 1.82) is 0 Å². The number of hydrogen-bond donors (Lipinski definition) is 0. The van der Waals surface area contributed by atoms with Crippen LogP contribution in [0.1, 0.15) is 45.4 Å². The fourth-order valence-electron chi connectivity index (χ4n) is 3.42. The summed E-state index contributed by atoms with van der Waals surface area (Å²) in [6, 6.07) is 0.426. The lowest BCUT2D eigenvalue weighted by Gasteiger charge is -2.38. The van der Waals surface area contributed by atoms with Crippen LogP contribution >= 0.6 is 11.6 Å². The summed E-state index contributed by atoms with van der Waals surface area (Å²) in [7, 11) is 0. The van der Waals surface area contributed by atoms with Gasteiger partial charge in [-0.3, -0.25) is 4.79 Å². The third-order valence-electron chi connectivity index (χ3n) is 4.58. The second-order valence-corrected chi connectivity index (χ2v) is 6.34. The van der Waals surface area contributed by atoms with Gasteiger partial charge in [0.15, 0.2) is 0 Å². The number of ether oxygens (including phenoxy) is 1. The normalized spacial score (nSPS) is 29.2. The minimum absolute atomic E-state index is 0.138. The van der Waals surface area contributed by atoms with Crippen molar-refractivity contribution in [1.82, 2.24) is 4.90 Å². The average molecular weight is 288 g/mol. The predicted octanol–water partition coefficient (Wildman–Crippen LogP) is 3.06. The second-order valence-electron chi connectivity index (χ2n) is 5.96. The monoisotopic (exact) mass is 287 g/mol. The molecule has 0 N–H and O–H groups in total. The maximum absolute atomic E-state index is 12.8. The second kappa shape index (κ2) is 7.49. The summed E-state index contributed by atoms with van der Waals surface area (Å²) in [5.41, 5.74) is 0. The number of rotatable bonds is 4. The zero-order valence-corrected chi connectivity index (χ0v) is 12.7. The Labute approximate surface area is 121 Å². The highest BCUT2D eigenvalue weighted by Crippen LogP contribution is 2.28. The smallest absolute Gasteiger partial charge is 0.226 e. The van der Waals surface area contributed by atoms with Crippen LogP contribution in [0.4, 0.5) is 0 Å². The molecule has 110 valence electrons. The first kappa shape index (κ1) is 15.1. The van der Waals surface area contributed by atoms with E-state index in [1.807, 2.05) is 0 Å². The van der Waals surface area contributed by atoms with E-state index in [1.54, 1.807) is 0 Å². The molecule has 0 aromatic rings. The highest BCUT2D eigenvalue weighted by atomic mass is 35.5. The Morgan fingerprint density at radius 3 is 2.63 bits per heavy atom. The van der Waals surface area contributed by atoms with Crippen molar-refractivity contribution >= 4 is 17.5 Å². The highest BCUT2D eigenvalue weighted by Gasteiger charge is 2.34. The summed E-state index contributed by atoms with van der Waals surface area (Å²) >= 11 is 5.92. The Hall–Kier alpha value is -0.280. The van der Waals surface area contributed by atoms with E-state index < -0.39 is 0 Å². The van der Waals surface area contributed by atoms with Crippen molar-refractivity contribution in [3.05, 3.63) is 0 Å². The first-order valence-electron chi connectivity index (χ1n) is 7.68. The molecule has 19 heavy (non-hydrogen) atoms. The third-order valence-corrected chi connectivity index (χ3v) is 4.75. The largest absolute Gasteiger partial charge is 0.381 e. The van der Waals surface area contributed by atoms with Crippen molar-refractivity contribution in [2.75, 3.05) is 25.6 Å². The van der Waals surface area contributed by atoms with Crippen molar-refractivity contribution in [3.8, 4) is 0 Å². The van der Waals surface area contributed by atoms with Gasteiger partial charge in [-0.05, 0) is 25.2 Å². The summed E-state index contributed by atoms with van der Waals surface area (Å²) in [4.78, 5) is 14.9. The van der Waals surface area contributed by atoms with E-state index in [-0.39, 0.29) is 5.92 Å². The Morgan fingerprint density at radius 2 is 2.00 bits per heavy atom. The Bertz CT molecular complexity index is 292. The molecule has 0 aromatic heterocycles. The quantitative estimate of drug-likeness (QED) is 0.744. The molecule has 1 heterocycles. The van der Waals surface area contributed by atoms with Gasteiger partial charge in [-0.15, -0.1) is 11.6 Å². The molecule has 1 aliphatic carbocycles. The molecule has 1 saturated heterocycles. The highest BCUT2D eigenvalue weighted by molar-refractivity contribution is 6.18. The van der Waals surface area contributed by atoms with Gasteiger partial charge in [0.05, 0.1) is 0 Å². The lowest BCUT2D eigenvalue weighted by atomic mass is 9.86. The topological polar surface area (TPSA) is 29.5 Å². The number of carbonyl (C=O) groups excluding carboxylic acids is 1. The van der Waals surface area contributed by atoms with Crippen LogP contribution in [0, 0.1) is 11.8 Å². The first-order chi connectivity index (χ1) is 9.24. The van der Waals surface area contributed by atoms with E-state index >= 15 is 0 Å². The molecule has 0 spiro atoms. The fraction of sp³-hybridized carbons (Fsp3) is 0.933. The van der Waals surface area contributed by atoms with Crippen LogP contribution < -0.4 is 0 Å². The minimum Gasteiger partial charge on any atom is -0.381 e. The molecule has 0 radical (unpaired) electrons. The molecule has 2 aliphatic rings. The molecule has 2 fully saturated rings. The molecule has 0 bridgehead atoms. The standard InChI is InChI=1S/C15H26ClNO2/c1-12-11-19-10-7-14(12)15(18)17(9-8-16)13-5-3-2-4-6-13/h12-14H,2-11H2,1H3. The molecular formula is C15H26ClNO2. The van der Waals surface area contributed by atoms with Gasteiger partial charge in [0.1, 0.15) is 0 Å². The van der Waals surface area contributed by atoms with Crippen LogP contribution in [0.2, 0.25) is 0 Å². The summed E-state index contributed by atoms with van der Waals surface area (Å²) in [5, 5.41) is 0. The van der Waals surface area contributed by atoms with Gasteiger partial charge >= 0.3 is 0 Å². The number of hydrogen-bond acceptors (Lipinski definition) is 2. The van der Waals surface area contributed by atoms with Gasteiger partial charge in [0.25, 0.3) is 0 Å². The van der Waals surface area contributed by atoms with Crippen molar-refractivity contribution in [2.24, 2.45) is 11.8 Å². The molecular weight excluding hydrogens is 262 g/mol. The van der Waals surface area contributed by atoms with Gasteiger partial charge in [-0.25, -0.2) is 0 Å². The summed E-state index contributed by atoms with van der Waals surface area (Å²) in [6.07, 6.45) is 6.99. The molecule has 1 amide bonds. The summed E-state index contributed by atoms with van der Waals surface area (Å²) in [6.45, 7) is 4.27. The van der Waals surface area contributed by atoms with Gasteiger partial charge in [-0.2, -0.15) is 0 Å². The number of carbonyl (C=O) groups is 1. The molecule has 0 aromatic carbocycles. The van der Waals surface area contributed by atoms with Crippen molar-refractivity contribution < 1.29 is 9.53 Å². The SMILES string of the molecule is CC1COCCC1C(=O)N(CCCl)C1CCCCC1. The maximum Gasteiger partial charge on any atom is 0.226 e.